The van der Waals surface area contributed by atoms with E-state index in [1.54, 1.807) is 0 Å². The molecule has 1 aliphatic rings. The van der Waals surface area contributed by atoms with Crippen LogP contribution in [0.1, 0.15) is 6.42 Å². The third kappa shape index (κ3) is 1.47. The Morgan fingerprint density at radius 2 is 2.46 bits per heavy atom. The summed E-state index contributed by atoms with van der Waals surface area (Å²) in [5.41, 5.74) is -1.38. The van der Waals surface area contributed by atoms with Gasteiger partial charge < -0.3 is 14.3 Å². The Hall–Kier alpha value is -1.23. The molecule has 0 aliphatic carbocycles. The fourth-order valence-corrected chi connectivity index (χ4v) is 1.30. The zero-order valence-electron chi connectivity index (χ0n) is 7.24. The van der Waals surface area contributed by atoms with E-state index in [9.17, 15) is 14.4 Å². The number of ketones is 1. The molecule has 1 heterocycles. The Morgan fingerprint density at radius 1 is 1.77 bits per heavy atom. The Morgan fingerprint density at radius 3 is 2.85 bits per heavy atom. The summed E-state index contributed by atoms with van der Waals surface area (Å²) in [4.78, 5) is 32.9. The van der Waals surface area contributed by atoms with Gasteiger partial charge in [0.15, 0.2) is 11.2 Å². The minimum atomic E-state index is -1.38. The van der Waals surface area contributed by atoms with Gasteiger partial charge in [-0.1, -0.05) is 0 Å². The molecule has 1 atom stereocenters. The van der Waals surface area contributed by atoms with Gasteiger partial charge in [-0.3, -0.25) is 9.59 Å². The maximum absolute atomic E-state index is 11.3. The van der Waals surface area contributed by atoms with Crippen LogP contribution in [-0.4, -0.2) is 38.4 Å². The van der Waals surface area contributed by atoms with Crippen LogP contribution in [-0.2, 0) is 23.9 Å². The largest absolute Gasteiger partial charge is 0.468 e. The predicted molar refractivity (Wildman–Crippen MR) is 41.0 cm³/mol. The fourth-order valence-electron chi connectivity index (χ4n) is 1.30. The van der Waals surface area contributed by atoms with Gasteiger partial charge in [0.1, 0.15) is 12.9 Å². The zero-order chi connectivity index (χ0) is 9.90. The van der Waals surface area contributed by atoms with Crippen molar-refractivity contribution in [3.8, 4) is 0 Å². The van der Waals surface area contributed by atoms with Crippen LogP contribution in [0.3, 0.4) is 0 Å². The normalized spacial score (nSPS) is 27.3. The zero-order valence-corrected chi connectivity index (χ0v) is 7.24. The van der Waals surface area contributed by atoms with Gasteiger partial charge in [-0.15, -0.1) is 0 Å². The van der Waals surface area contributed by atoms with E-state index < -0.39 is 11.4 Å². The minimum Gasteiger partial charge on any atom is -0.468 e. The number of esters is 1. The summed E-state index contributed by atoms with van der Waals surface area (Å²) in [6.07, 6.45) is 0.363. The average molecular weight is 186 g/mol. The molecule has 5 nitrogen and oxygen atoms in total. The van der Waals surface area contributed by atoms with Gasteiger partial charge in [-0.25, -0.2) is 0 Å². The molecule has 72 valence electrons. The molecule has 0 aromatic rings. The molecule has 0 bridgehead atoms. The first-order chi connectivity index (χ1) is 6.17. The van der Waals surface area contributed by atoms with E-state index >= 15 is 0 Å². The standard InChI is InChI=1S/C8H10O5/c1-12-7(11)8(2-3-9)5-13-4-6(8)10/h3H,2,4-5H2,1H3. The highest BCUT2D eigenvalue weighted by Crippen LogP contribution is 2.29. The van der Waals surface area contributed by atoms with Crippen molar-refractivity contribution in [3.63, 3.8) is 0 Å². The lowest BCUT2D eigenvalue weighted by Gasteiger charge is -2.19. The molecule has 1 unspecified atom stereocenters. The van der Waals surface area contributed by atoms with Crippen molar-refractivity contribution in [2.24, 2.45) is 5.41 Å². The summed E-state index contributed by atoms with van der Waals surface area (Å²) in [6.45, 7) is -0.180. The van der Waals surface area contributed by atoms with Crippen LogP contribution >= 0.6 is 0 Å². The van der Waals surface area contributed by atoms with Gasteiger partial charge in [0.2, 0.25) is 0 Å². The van der Waals surface area contributed by atoms with Crippen molar-refractivity contribution in [1.29, 1.82) is 0 Å². The van der Waals surface area contributed by atoms with Crippen molar-refractivity contribution < 1.29 is 23.9 Å². The Labute approximate surface area is 75.0 Å². The first kappa shape index (κ1) is 9.85. The molecule has 1 aliphatic heterocycles. The minimum absolute atomic E-state index is 0.0583. The molecule has 13 heavy (non-hydrogen) atoms. The van der Waals surface area contributed by atoms with Crippen LogP contribution < -0.4 is 0 Å². The maximum Gasteiger partial charge on any atom is 0.322 e. The number of hydrogen-bond acceptors (Lipinski definition) is 5. The molecule has 0 radical (unpaired) electrons. The van der Waals surface area contributed by atoms with Crippen molar-refractivity contribution in [1.82, 2.24) is 0 Å². The van der Waals surface area contributed by atoms with E-state index in [1.165, 1.54) is 7.11 Å². The van der Waals surface area contributed by atoms with Crippen LogP contribution in [0.25, 0.3) is 0 Å². The Bertz CT molecular complexity index is 247. The molecule has 1 fully saturated rings. The van der Waals surface area contributed by atoms with Gasteiger partial charge in [-0.2, -0.15) is 0 Å². The monoisotopic (exact) mass is 186 g/mol. The lowest BCUT2D eigenvalue weighted by Crippen LogP contribution is -2.40. The van der Waals surface area contributed by atoms with Crippen LogP contribution in [0.2, 0.25) is 0 Å². The van der Waals surface area contributed by atoms with Gasteiger partial charge in [0, 0.05) is 6.42 Å². The second kappa shape index (κ2) is 3.66. The van der Waals surface area contributed by atoms with Gasteiger partial charge in [-0.05, 0) is 0 Å². The van der Waals surface area contributed by atoms with Crippen molar-refractivity contribution in [3.05, 3.63) is 0 Å². The number of rotatable bonds is 3. The average Bonchev–Trinajstić information content (AvgIpc) is 2.48. The molecule has 5 heteroatoms. The summed E-state index contributed by atoms with van der Waals surface area (Å²) in [5, 5.41) is 0. The van der Waals surface area contributed by atoms with E-state index in [2.05, 4.69) is 4.74 Å². The van der Waals surface area contributed by atoms with E-state index in [4.69, 9.17) is 4.74 Å². The first-order valence-corrected chi connectivity index (χ1v) is 3.80. The number of methoxy groups -OCH3 is 1. The SMILES string of the molecule is COC(=O)C1(CC=O)COCC1=O. The summed E-state index contributed by atoms with van der Waals surface area (Å²) in [7, 11) is 1.18. The number of carbonyl (C=O) groups is 3. The third-order valence-corrected chi connectivity index (χ3v) is 2.12. The number of aldehydes is 1. The Balaban J connectivity index is 2.92. The summed E-state index contributed by atoms with van der Waals surface area (Å²) < 4.78 is 9.30. The smallest absolute Gasteiger partial charge is 0.322 e. The predicted octanol–water partition coefficient (Wildman–Crippen LogP) is -0.666. The number of Topliss-reactive ketones (excluding diaryl/α,β-unsaturated/α-hetero) is 1. The third-order valence-electron chi connectivity index (χ3n) is 2.12. The lowest BCUT2D eigenvalue weighted by atomic mass is 9.83. The first-order valence-electron chi connectivity index (χ1n) is 3.80. The topological polar surface area (TPSA) is 69.7 Å². The molecule has 1 saturated heterocycles. The quantitative estimate of drug-likeness (QED) is 0.332. The van der Waals surface area contributed by atoms with Crippen molar-refractivity contribution in [2.75, 3.05) is 20.3 Å². The molecule has 0 N–H and O–H groups in total. The number of carbonyl (C=O) groups excluding carboxylic acids is 3. The fraction of sp³-hybridized carbons (Fsp3) is 0.625. The number of ether oxygens (including phenoxy) is 2. The second-order valence-corrected chi connectivity index (χ2v) is 2.86. The highest BCUT2D eigenvalue weighted by atomic mass is 16.5. The molecule has 0 aromatic carbocycles. The van der Waals surface area contributed by atoms with Gasteiger partial charge in [0.25, 0.3) is 0 Å². The molecule has 0 spiro atoms. The van der Waals surface area contributed by atoms with E-state index in [0.717, 1.165) is 0 Å². The van der Waals surface area contributed by atoms with Gasteiger partial charge >= 0.3 is 5.97 Å². The van der Waals surface area contributed by atoms with Crippen LogP contribution in [0.15, 0.2) is 0 Å². The molecular weight excluding hydrogens is 176 g/mol. The summed E-state index contributed by atoms with van der Waals surface area (Å²) in [5.74, 6) is -1.08. The van der Waals surface area contributed by atoms with Gasteiger partial charge in [0.05, 0.1) is 13.7 Å². The lowest BCUT2D eigenvalue weighted by molar-refractivity contribution is -0.157. The van der Waals surface area contributed by atoms with Crippen molar-refractivity contribution >= 4 is 18.0 Å². The van der Waals surface area contributed by atoms with Crippen LogP contribution in [0.4, 0.5) is 0 Å². The van der Waals surface area contributed by atoms with Crippen molar-refractivity contribution in [2.45, 2.75) is 6.42 Å². The molecule has 0 saturated carbocycles. The summed E-state index contributed by atoms with van der Waals surface area (Å²) in [6, 6.07) is 0. The molecule has 0 aromatic heterocycles. The molecule has 1 rings (SSSR count). The summed E-state index contributed by atoms with van der Waals surface area (Å²) >= 11 is 0. The Kier molecular flexibility index (Phi) is 2.77. The van der Waals surface area contributed by atoms with E-state index in [1.807, 2.05) is 0 Å². The number of hydrogen-bond donors (Lipinski definition) is 0. The van der Waals surface area contributed by atoms with Crippen LogP contribution in [0, 0.1) is 5.41 Å². The highest BCUT2D eigenvalue weighted by Gasteiger charge is 2.50. The molecular formula is C8H10O5. The highest BCUT2D eigenvalue weighted by molar-refractivity contribution is 6.07. The van der Waals surface area contributed by atoms with Crippen LogP contribution in [0.5, 0.6) is 0 Å². The second-order valence-electron chi connectivity index (χ2n) is 2.86. The van der Waals surface area contributed by atoms with E-state index in [0.29, 0.717) is 6.29 Å². The maximum atomic E-state index is 11.3. The molecule has 0 amide bonds. The van der Waals surface area contributed by atoms with E-state index in [-0.39, 0.29) is 25.4 Å².